The second kappa shape index (κ2) is 14.5. The van der Waals surface area contributed by atoms with Crippen LogP contribution in [0.4, 0.5) is 5.69 Å². The number of nitro groups is 1. The minimum Gasteiger partial charge on any atom is -0.458 e. The number of hydrogen-bond donors (Lipinski definition) is 4. The molecule has 1 aliphatic heterocycles. The van der Waals surface area contributed by atoms with Crippen LogP contribution in [0.15, 0.2) is 24.4 Å². The Morgan fingerprint density at radius 1 is 1.30 bits per heavy atom. The van der Waals surface area contributed by atoms with Crippen LogP contribution in [-0.4, -0.2) is 98.2 Å². The van der Waals surface area contributed by atoms with Gasteiger partial charge >= 0.3 is 11.7 Å². The molecule has 1 saturated heterocycles. The first-order valence-corrected chi connectivity index (χ1v) is 14.1. The molecule has 0 aliphatic carbocycles. The zero-order valence-corrected chi connectivity index (χ0v) is 25.4. The van der Waals surface area contributed by atoms with E-state index in [0.29, 0.717) is 24.4 Å². The minimum absolute atomic E-state index is 0.0605. The molecule has 43 heavy (non-hydrogen) atoms. The fourth-order valence-corrected chi connectivity index (χ4v) is 4.74. The smallest absolute Gasteiger partial charge is 0.311 e. The second-order valence-corrected chi connectivity index (χ2v) is 12.1. The van der Waals surface area contributed by atoms with Gasteiger partial charge in [0.25, 0.3) is 0 Å². The number of benzene rings is 1. The van der Waals surface area contributed by atoms with Gasteiger partial charge in [0.1, 0.15) is 18.3 Å². The predicted molar refractivity (Wildman–Crippen MR) is 152 cm³/mol. The zero-order chi connectivity index (χ0) is 31.9. The molecule has 0 bridgehead atoms. The zero-order valence-electron chi connectivity index (χ0n) is 25.4. The molecule has 1 aromatic carbocycles. The number of nitrogens with zero attached hydrogens (tertiary/aromatic N) is 4. The van der Waals surface area contributed by atoms with Crippen molar-refractivity contribution in [2.45, 2.75) is 90.3 Å². The lowest BCUT2D eigenvalue weighted by Gasteiger charge is -2.35. The first-order chi connectivity index (χ1) is 20.1. The molecule has 1 aliphatic rings. The van der Waals surface area contributed by atoms with E-state index in [4.69, 9.17) is 18.9 Å². The Morgan fingerprint density at radius 3 is 2.65 bits per heavy atom. The topological polar surface area (TPSA) is 201 Å². The summed E-state index contributed by atoms with van der Waals surface area (Å²) in [6, 6.07) is 4.08. The van der Waals surface area contributed by atoms with E-state index in [1.165, 1.54) is 25.1 Å². The number of ether oxygens (including phenoxy) is 4. The number of esters is 1. The molecular weight excluding hydrogens is 566 g/mol. The number of nitrogens with one attached hydrogen (secondary N) is 1. The Morgan fingerprint density at radius 2 is 2.02 bits per heavy atom. The van der Waals surface area contributed by atoms with Crippen LogP contribution in [0.5, 0.6) is 5.75 Å². The highest BCUT2D eigenvalue weighted by Crippen LogP contribution is 2.35. The molecule has 0 saturated carbocycles. The average molecular weight is 610 g/mol. The van der Waals surface area contributed by atoms with Crippen LogP contribution in [0.1, 0.15) is 58.4 Å². The van der Waals surface area contributed by atoms with Gasteiger partial charge in [0.2, 0.25) is 6.29 Å². The third-order valence-electron chi connectivity index (χ3n) is 6.87. The van der Waals surface area contributed by atoms with Crippen molar-refractivity contribution in [3.8, 4) is 5.75 Å². The van der Waals surface area contributed by atoms with Gasteiger partial charge in [-0.1, -0.05) is 25.1 Å². The van der Waals surface area contributed by atoms with Crippen LogP contribution < -0.4 is 10.1 Å². The largest absolute Gasteiger partial charge is 0.458 e. The highest BCUT2D eigenvalue weighted by Gasteiger charge is 2.38. The molecule has 5 atom stereocenters. The first-order valence-electron chi connectivity index (χ1n) is 14.1. The summed E-state index contributed by atoms with van der Waals surface area (Å²) in [6.07, 6.45) is -4.11. The van der Waals surface area contributed by atoms with Gasteiger partial charge in [-0.3, -0.25) is 14.9 Å². The molecular formula is C28H43N5O10. The molecule has 2 aromatic rings. The third-order valence-corrected chi connectivity index (χ3v) is 6.87. The van der Waals surface area contributed by atoms with E-state index in [1.807, 2.05) is 20.9 Å². The van der Waals surface area contributed by atoms with Crippen molar-refractivity contribution < 1.29 is 44.0 Å². The van der Waals surface area contributed by atoms with Gasteiger partial charge in [0.15, 0.2) is 5.75 Å². The summed E-state index contributed by atoms with van der Waals surface area (Å²) >= 11 is 0. The fourth-order valence-electron chi connectivity index (χ4n) is 4.74. The van der Waals surface area contributed by atoms with Gasteiger partial charge < -0.3 is 39.6 Å². The summed E-state index contributed by atoms with van der Waals surface area (Å²) in [7, 11) is 1.90. The van der Waals surface area contributed by atoms with Gasteiger partial charge in [-0.05, 0) is 32.5 Å². The molecule has 5 unspecified atom stereocenters. The van der Waals surface area contributed by atoms with Crippen molar-refractivity contribution in [2.24, 2.45) is 5.41 Å². The molecule has 3 rings (SSSR count). The minimum atomic E-state index is -1.32. The Hall–Kier alpha value is -3.21. The van der Waals surface area contributed by atoms with E-state index in [2.05, 4.69) is 29.5 Å². The van der Waals surface area contributed by atoms with Crippen molar-refractivity contribution in [2.75, 3.05) is 26.8 Å². The molecule has 0 amide bonds. The van der Waals surface area contributed by atoms with Gasteiger partial charge in [-0.25, -0.2) is 4.68 Å². The highest BCUT2D eigenvalue weighted by molar-refractivity contribution is 5.66. The number of carbonyl (C=O) groups excluding carboxylic acids is 1. The van der Waals surface area contributed by atoms with Crippen molar-refractivity contribution in [3.05, 3.63) is 45.8 Å². The summed E-state index contributed by atoms with van der Waals surface area (Å²) in [5, 5.41) is 52.9. The van der Waals surface area contributed by atoms with Crippen LogP contribution in [0.25, 0.3) is 0 Å². The standard InChI is InChI=1S/C28H43N5O10/c1-17(35)41-23(10-19-12-32(31-30-19)15-28(4,5)40-16-27(2,3)14-29-6)18-7-8-22(20(9-18)33(38)39)42-25-11-21(36)26(37)24(13-34)43-25/h7-9,12,21,23-26,29,34,36-37H,10-11,13-16H2,1-6H3. The lowest BCUT2D eigenvalue weighted by molar-refractivity contribution is -0.386. The summed E-state index contributed by atoms with van der Waals surface area (Å²) in [5.41, 5.74) is -0.209. The van der Waals surface area contributed by atoms with Crippen molar-refractivity contribution in [1.29, 1.82) is 0 Å². The first kappa shape index (κ1) is 34.3. The van der Waals surface area contributed by atoms with Gasteiger partial charge in [0, 0.05) is 44.0 Å². The van der Waals surface area contributed by atoms with E-state index in [0.717, 1.165) is 6.54 Å². The van der Waals surface area contributed by atoms with Gasteiger partial charge in [-0.15, -0.1) is 5.10 Å². The Balaban J connectivity index is 1.75. The third kappa shape index (κ3) is 9.91. The normalized spacial score (nSPS) is 21.8. The molecule has 240 valence electrons. The maximum atomic E-state index is 12.0. The van der Waals surface area contributed by atoms with Crippen molar-refractivity contribution in [1.82, 2.24) is 20.3 Å². The molecule has 15 heteroatoms. The Labute approximate surface area is 250 Å². The van der Waals surface area contributed by atoms with Crippen LogP contribution in [0, 0.1) is 15.5 Å². The lowest BCUT2D eigenvalue weighted by atomic mass is 9.94. The molecule has 0 radical (unpaired) electrons. The average Bonchev–Trinajstić information content (AvgIpc) is 3.35. The highest BCUT2D eigenvalue weighted by atomic mass is 16.7. The van der Waals surface area contributed by atoms with Crippen molar-refractivity contribution in [3.63, 3.8) is 0 Å². The van der Waals surface area contributed by atoms with Gasteiger partial charge in [0.05, 0.1) is 42.1 Å². The fraction of sp³-hybridized carbons (Fsp3) is 0.679. The number of rotatable bonds is 15. The van der Waals surface area contributed by atoms with E-state index >= 15 is 0 Å². The molecule has 15 nitrogen and oxygen atoms in total. The summed E-state index contributed by atoms with van der Waals surface area (Å²) in [4.78, 5) is 23.2. The molecule has 1 aromatic heterocycles. The number of aromatic nitrogens is 3. The molecule has 2 heterocycles. The number of aliphatic hydroxyl groups excluding tert-OH is 3. The number of hydrogen-bond acceptors (Lipinski definition) is 13. The van der Waals surface area contributed by atoms with E-state index in [1.54, 1.807) is 10.9 Å². The van der Waals surface area contributed by atoms with Crippen LogP contribution in [-0.2, 0) is 32.0 Å². The van der Waals surface area contributed by atoms with E-state index < -0.39 is 59.5 Å². The molecule has 4 N–H and O–H groups in total. The maximum absolute atomic E-state index is 12.0. The monoisotopic (exact) mass is 609 g/mol. The SMILES string of the molecule is CNCC(C)(C)COC(C)(C)Cn1cc(CC(OC(C)=O)c2ccc(OC3CC(O)C(O)C(CO)O3)c([N+](=O)[O-])c2)nn1. The second-order valence-electron chi connectivity index (χ2n) is 12.1. The van der Waals surface area contributed by atoms with Gasteiger partial charge in [-0.2, -0.15) is 0 Å². The number of carbonyl (C=O) groups is 1. The summed E-state index contributed by atoms with van der Waals surface area (Å²) in [5.74, 6) is -0.746. The quantitative estimate of drug-likeness (QED) is 0.128. The Bertz CT molecular complexity index is 1240. The van der Waals surface area contributed by atoms with Crippen LogP contribution in [0.2, 0.25) is 0 Å². The lowest BCUT2D eigenvalue weighted by Crippen LogP contribution is -2.51. The summed E-state index contributed by atoms with van der Waals surface area (Å²) < 4.78 is 24.4. The van der Waals surface area contributed by atoms with E-state index in [-0.39, 0.29) is 24.0 Å². The Kier molecular flexibility index (Phi) is 11.6. The molecule has 1 fully saturated rings. The maximum Gasteiger partial charge on any atom is 0.311 e. The summed E-state index contributed by atoms with van der Waals surface area (Å²) in [6.45, 7) is 10.5. The van der Waals surface area contributed by atoms with Crippen LogP contribution >= 0.6 is 0 Å². The van der Waals surface area contributed by atoms with E-state index in [9.17, 15) is 30.2 Å². The predicted octanol–water partition coefficient (Wildman–Crippen LogP) is 1.28. The van der Waals surface area contributed by atoms with Crippen LogP contribution in [0.3, 0.4) is 0 Å². The number of nitro benzene ring substituents is 1. The molecule has 0 spiro atoms. The number of aliphatic hydroxyl groups is 3. The van der Waals surface area contributed by atoms with Crippen molar-refractivity contribution >= 4 is 11.7 Å².